The maximum absolute atomic E-state index is 5.85. The fourth-order valence-corrected chi connectivity index (χ4v) is 2.52. The Balaban J connectivity index is 1.60. The molecule has 0 aromatic carbocycles. The Morgan fingerprint density at radius 3 is 1.46 bits per heavy atom. The van der Waals surface area contributed by atoms with Crippen molar-refractivity contribution >= 4 is 35.1 Å². The van der Waals surface area contributed by atoms with Gasteiger partial charge in [0.25, 0.3) is 0 Å². The van der Waals surface area contributed by atoms with Crippen LogP contribution in [0, 0.1) is 0 Å². The minimum atomic E-state index is 0.109. The van der Waals surface area contributed by atoms with E-state index < -0.39 is 0 Å². The summed E-state index contributed by atoms with van der Waals surface area (Å²) in [5.41, 5.74) is 0. The number of halogens is 2. The standard InChI is InChI=1S/C16H24Cl2N8O2/c1-3-27-15-23-11(17)21-13(25-15)19-9-7-5-6-8-10-20-14-22-12(18)24-16(26-14)28-4-2/h3-10H2,1-2H3,(H,19,21,23,25)(H,20,22,24,26). The minimum Gasteiger partial charge on any atom is -0.464 e. The summed E-state index contributed by atoms with van der Waals surface area (Å²) in [6.07, 6.45) is 4.04. The van der Waals surface area contributed by atoms with Crippen LogP contribution in [0.3, 0.4) is 0 Å². The Labute approximate surface area is 173 Å². The molecule has 0 aliphatic rings. The molecule has 0 fully saturated rings. The normalized spacial score (nSPS) is 10.6. The number of ether oxygens (including phenoxy) is 2. The molecule has 0 saturated heterocycles. The first kappa shape index (κ1) is 22.1. The zero-order valence-corrected chi connectivity index (χ0v) is 17.4. The highest BCUT2D eigenvalue weighted by molar-refractivity contribution is 6.28. The van der Waals surface area contributed by atoms with E-state index in [0.29, 0.717) is 25.1 Å². The van der Waals surface area contributed by atoms with Gasteiger partial charge in [-0.15, -0.1) is 0 Å². The number of nitrogens with zero attached hydrogens (tertiary/aromatic N) is 6. The first-order valence-corrected chi connectivity index (χ1v) is 9.92. The Morgan fingerprint density at radius 1 is 0.643 bits per heavy atom. The van der Waals surface area contributed by atoms with Crippen LogP contribution < -0.4 is 20.1 Å². The van der Waals surface area contributed by atoms with Crippen molar-refractivity contribution < 1.29 is 9.47 Å². The Kier molecular flexibility index (Phi) is 9.70. The second-order valence-corrected chi connectivity index (χ2v) is 6.23. The van der Waals surface area contributed by atoms with Crippen molar-refractivity contribution in [2.45, 2.75) is 39.5 Å². The highest BCUT2D eigenvalue weighted by Gasteiger charge is 2.06. The number of aromatic nitrogens is 6. The van der Waals surface area contributed by atoms with E-state index in [9.17, 15) is 0 Å². The number of hydrogen-bond acceptors (Lipinski definition) is 10. The quantitative estimate of drug-likeness (QED) is 0.457. The molecule has 0 saturated carbocycles. The summed E-state index contributed by atoms with van der Waals surface area (Å²) in [6.45, 7) is 6.12. The number of anilines is 2. The Hall–Kier alpha value is -2.20. The molecule has 0 aliphatic heterocycles. The lowest BCUT2D eigenvalue weighted by Gasteiger charge is -2.08. The van der Waals surface area contributed by atoms with Gasteiger partial charge in [-0.1, -0.05) is 12.8 Å². The highest BCUT2D eigenvalue weighted by atomic mass is 35.5. The van der Waals surface area contributed by atoms with Crippen molar-refractivity contribution in [3.63, 3.8) is 0 Å². The van der Waals surface area contributed by atoms with E-state index >= 15 is 0 Å². The second kappa shape index (κ2) is 12.3. The molecule has 0 amide bonds. The third-order valence-corrected chi connectivity index (χ3v) is 3.73. The van der Waals surface area contributed by atoms with E-state index in [0.717, 1.165) is 38.8 Å². The van der Waals surface area contributed by atoms with Crippen molar-refractivity contribution in [3.8, 4) is 12.0 Å². The Bertz CT molecular complexity index is 676. The van der Waals surface area contributed by atoms with E-state index in [4.69, 9.17) is 32.7 Å². The predicted molar refractivity (Wildman–Crippen MR) is 107 cm³/mol. The van der Waals surface area contributed by atoms with Crippen LogP contribution in [0.4, 0.5) is 11.9 Å². The van der Waals surface area contributed by atoms with Crippen LogP contribution in [0.2, 0.25) is 10.6 Å². The lowest BCUT2D eigenvalue weighted by Crippen LogP contribution is -2.09. The van der Waals surface area contributed by atoms with Gasteiger partial charge in [0.2, 0.25) is 22.5 Å². The molecule has 2 aromatic heterocycles. The molecule has 2 aromatic rings. The zero-order chi connectivity index (χ0) is 20.2. The molecule has 0 atom stereocenters. The van der Waals surface area contributed by atoms with E-state index in [1.807, 2.05) is 13.8 Å². The Morgan fingerprint density at radius 2 is 1.07 bits per heavy atom. The van der Waals surface area contributed by atoms with Crippen LogP contribution >= 0.6 is 23.2 Å². The average Bonchev–Trinajstić information content (AvgIpc) is 2.63. The van der Waals surface area contributed by atoms with E-state index in [-0.39, 0.29) is 22.6 Å². The van der Waals surface area contributed by atoms with Gasteiger partial charge in [-0.25, -0.2) is 0 Å². The fourth-order valence-electron chi connectivity index (χ4n) is 2.21. The van der Waals surface area contributed by atoms with Crippen LogP contribution in [0.15, 0.2) is 0 Å². The van der Waals surface area contributed by atoms with E-state index in [1.165, 1.54) is 0 Å². The lowest BCUT2D eigenvalue weighted by molar-refractivity contribution is 0.311. The van der Waals surface area contributed by atoms with Gasteiger partial charge < -0.3 is 20.1 Å². The van der Waals surface area contributed by atoms with Crippen molar-refractivity contribution in [1.82, 2.24) is 29.9 Å². The summed E-state index contributed by atoms with van der Waals surface area (Å²) in [7, 11) is 0. The summed E-state index contributed by atoms with van der Waals surface area (Å²) in [4.78, 5) is 24.1. The summed E-state index contributed by atoms with van der Waals surface area (Å²) in [6, 6.07) is 0.448. The van der Waals surface area contributed by atoms with Gasteiger partial charge in [-0.3, -0.25) is 0 Å². The predicted octanol–water partition coefficient (Wildman–Crippen LogP) is 3.25. The lowest BCUT2D eigenvalue weighted by atomic mass is 10.2. The maximum atomic E-state index is 5.85. The largest absolute Gasteiger partial charge is 0.464 e. The molecule has 2 rings (SSSR count). The fraction of sp³-hybridized carbons (Fsp3) is 0.625. The molecule has 0 unspecified atom stereocenters. The van der Waals surface area contributed by atoms with Crippen LogP contribution in [0.1, 0.15) is 39.5 Å². The number of rotatable bonds is 13. The molecule has 0 bridgehead atoms. The monoisotopic (exact) mass is 430 g/mol. The van der Waals surface area contributed by atoms with Crippen LogP contribution in [0.25, 0.3) is 0 Å². The van der Waals surface area contributed by atoms with Crippen molar-refractivity contribution in [2.75, 3.05) is 36.9 Å². The highest BCUT2D eigenvalue weighted by Crippen LogP contribution is 2.13. The summed E-state index contributed by atoms with van der Waals surface area (Å²) >= 11 is 11.7. The van der Waals surface area contributed by atoms with E-state index in [2.05, 4.69) is 40.5 Å². The van der Waals surface area contributed by atoms with Crippen molar-refractivity contribution in [3.05, 3.63) is 10.6 Å². The number of unbranched alkanes of at least 4 members (excludes halogenated alkanes) is 3. The second-order valence-electron chi connectivity index (χ2n) is 5.56. The zero-order valence-electron chi connectivity index (χ0n) is 15.9. The molecule has 28 heavy (non-hydrogen) atoms. The summed E-state index contributed by atoms with van der Waals surface area (Å²) < 4.78 is 10.5. The minimum absolute atomic E-state index is 0.109. The van der Waals surface area contributed by atoms with Crippen molar-refractivity contribution in [2.24, 2.45) is 0 Å². The van der Waals surface area contributed by atoms with Crippen molar-refractivity contribution in [1.29, 1.82) is 0 Å². The molecule has 12 heteroatoms. The molecule has 0 spiro atoms. The topological polar surface area (TPSA) is 120 Å². The molecule has 2 heterocycles. The molecular formula is C16H24Cl2N8O2. The summed E-state index contributed by atoms with van der Waals surface area (Å²) in [5, 5.41) is 6.47. The molecule has 154 valence electrons. The van der Waals surface area contributed by atoms with E-state index in [1.54, 1.807) is 0 Å². The van der Waals surface area contributed by atoms with Gasteiger partial charge in [0.15, 0.2) is 0 Å². The first-order chi connectivity index (χ1) is 13.6. The average molecular weight is 431 g/mol. The smallest absolute Gasteiger partial charge is 0.322 e. The molecule has 0 radical (unpaired) electrons. The van der Waals surface area contributed by atoms with Gasteiger partial charge in [-0.05, 0) is 49.9 Å². The van der Waals surface area contributed by atoms with Gasteiger partial charge in [-0.2, -0.15) is 29.9 Å². The maximum Gasteiger partial charge on any atom is 0.322 e. The SMILES string of the molecule is CCOc1nc(Cl)nc(NCCCCCCNc2nc(Cl)nc(OCC)n2)n1. The van der Waals surface area contributed by atoms with Crippen LogP contribution in [0.5, 0.6) is 12.0 Å². The number of nitrogens with one attached hydrogen (secondary N) is 2. The van der Waals surface area contributed by atoms with Gasteiger partial charge >= 0.3 is 12.0 Å². The molecular weight excluding hydrogens is 407 g/mol. The molecule has 2 N–H and O–H groups in total. The molecule has 10 nitrogen and oxygen atoms in total. The third-order valence-electron chi connectivity index (χ3n) is 3.39. The number of hydrogen-bond donors (Lipinski definition) is 2. The third kappa shape index (κ3) is 8.22. The van der Waals surface area contributed by atoms with Gasteiger partial charge in [0.1, 0.15) is 0 Å². The van der Waals surface area contributed by atoms with Crippen LogP contribution in [-0.4, -0.2) is 56.2 Å². The molecule has 0 aliphatic carbocycles. The van der Waals surface area contributed by atoms with Gasteiger partial charge in [0.05, 0.1) is 13.2 Å². The van der Waals surface area contributed by atoms with Crippen LogP contribution in [-0.2, 0) is 0 Å². The van der Waals surface area contributed by atoms with Gasteiger partial charge in [0, 0.05) is 13.1 Å². The summed E-state index contributed by atoms with van der Waals surface area (Å²) in [5.74, 6) is 0.837. The first-order valence-electron chi connectivity index (χ1n) is 9.17.